The molecule has 0 atom stereocenters. The van der Waals surface area contributed by atoms with Gasteiger partial charge in [0, 0.05) is 6.07 Å². The molecular formula is C56H28F2. The van der Waals surface area contributed by atoms with Crippen molar-refractivity contribution in [2.45, 2.75) is 0 Å². The Morgan fingerprint density at radius 2 is 0.603 bits per heavy atom. The van der Waals surface area contributed by atoms with Crippen molar-refractivity contribution in [1.82, 2.24) is 0 Å². The maximum atomic E-state index is 14.4. The minimum atomic E-state index is -0.577. The fourth-order valence-electron chi connectivity index (χ4n) is 11.2. The van der Waals surface area contributed by atoms with Crippen LogP contribution >= 0.6 is 0 Å². The zero-order valence-corrected chi connectivity index (χ0v) is 30.9. The molecule has 0 bridgehead atoms. The minimum absolute atomic E-state index is 0.532. The maximum absolute atomic E-state index is 14.4. The molecule has 12 aromatic rings. The average molecular weight is 739 g/mol. The molecule has 266 valence electrons. The highest BCUT2D eigenvalue weighted by molar-refractivity contribution is 6.48. The monoisotopic (exact) mass is 738 g/mol. The van der Waals surface area contributed by atoms with Crippen molar-refractivity contribution in [1.29, 1.82) is 0 Å². The van der Waals surface area contributed by atoms with Gasteiger partial charge < -0.3 is 0 Å². The summed E-state index contributed by atoms with van der Waals surface area (Å²) in [5.41, 5.74) is 16.1. The SMILES string of the molecule is Fc1cc(F)cc(-c2ccc3c(c2)-c2ccc4c5c(-c6ccccc6)c6c7ccc8c9c(ccc(c6c(-c6ccccc6)c5c5ccc-3c2c54)c97)-c2ccccc2-8)c1. The van der Waals surface area contributed by atoms with Crippen molar-refractivity contribution in [3.8, 4) is 77.9 Å². The molecule has 2 heteroatoms. The van der Waals surface area contributed by atoms with Gasteiger partial charge in [0.05, 0.1) is 0 Å². The average Bonchev–Trinajstić information content (AvgIpc) is 3.98. The lowest BCUT2D eigenvalue weighted by atomic mass is 9.87. The molecule has 0 N–H and O–H groups in total. The second kappa shape index (κ2) is 10.7. The minimum Gasteiger partial charge on any atom is -0.207 e. The molecule has 0 aromatic heterocycles. The fourth-order valence-corrected chi connectivity index (χ4v) is 11.2. The van der Waals surface area contributed by atoms with Crippen molar-refractivity contribution in [2.75, 3.05) is 0 Å². The molecule has 2 aliphatic rings. The lowest BCUT2D eigenvalue weighted by Crippen LogP contribution is -1.88. The molecule has 0 saturated heterocycles. The quantitative estimate of drug-likeness (QED) is 0.169. The Hall–Kier alpha value is -7.42. The van der Waals surface area contributed by atoms with Gasteiger partial charge in [-0.3, -0.25) is 0 Å². The lowest BCUT2D eigenvalue weighted by Gasteiger charge is -2.15. The van der Waals surface area contributed by atoms with Crippen LogP contribution in [0.4, 0.5) is 8.78 Å². The van der Waals surface area contributed by atoms with E-state index in [-0.39, 0.29) is 0 Å². The van der Waals surface area contributed by atoms with Crippen LogP contribution in [-0.2, 0) is 0 Å². The Morgan fingerprint density at radius 1 is 0.224 bits per heavy atom. The van der Waals surface area contributed by atoms with Crippen molar-refractivity contribution in [2.24, 2.45) is 0 Å². The van der Waals surface area contributed by atoms with E-state index in [1.54, 1.807) is 0 Å². The van der Waals surface area contributed by atoms with Crippen LogP contribution in [0.5, 0.6) is 0 Å². The highest BCUT2D eigenvalue weighted by Gasteiger charge is 2.32. The smallest absolute Gasteiger partial charge is 0.126 e. The van der Waals surface area contributed by atoms with Gasteiger partial charge in [-0.15, -0.1) is 0 Å². The Balaban J connectivity index is 1.18. The third kappa shape index (κ3) is 3.69. The van der Waals surface area contributed by atoms with E-state index in [4.69, 9.17) is 0 Å². The molecule has 2 aliphatic carbocycles. The molecule has 0 spiro atoms. The summed E-state index contributed by atoms with van der Waals surface area (Å²) < 4.78 is 28.8. The number of benzene rings is 10. The fraction of sp³-hybridized carbons (Fsp3) is 0. The van der Waals surface area contributed by atoms with E-state index in [1.165, 1.54) is 127 Å². The second-order valence-electron chi connectivity index (χ2n) is 16.1. The van der Waals surface area contributed by atoms with E-state index in [0.29, 0.717) is 5.56 Å². The van der Waals surface area contributed by atoms with Gasteiger partial charge in [0.2, 0.25) is 0 Å². The van der Waals surface area contributed by atoms with E-state index in [9.17, 15) is 8.78 Å². The van der Waals surface area contributed by atoms with Gasteiger partial charge >= 0.3 is 0 Å². The Labute approximate surface area is 331 Å². The number of hydrogen-bond donors (Lipinski definition) is 0. The molecule has 0 unspecified atom stereocenters. The Morgan fingerprint density at radius 3 is 1.05 bits per heavy atom. The summed E-state index contributed by atoms with van der Waals surface area (Å²) in [6, 6.07) is 59.5. The molecule has 0 nitrogen and oxygen atoms in total. The van der Waals surface area contributed by atoms with Crippen LogP contribution in [0, 0.1) is 11.6 Å². The highest BCUT2D eigenvalue weighted by Crippen LogP contribution is 2.60. The first-order chi connectivity index (χ1) is 28.6. The first kappa shape index (κ1) is 30.8. The second-order valence-corrected chi connectivity index (χ2v) is 16.1. The summed E-state index contributed by atoms with van der Waals surface area (Å²) in [6.07, 6.45) is 0. The summed E-state index contributed by atoms with van der Waals surface area (Å²) in [4.78, 5) is 0. The van der Waals surface area contributed by atoms with Crippen LogP contribution in [0.3, 0.4) is 0 Å². The highest BCUT2D eigenvalue weighted by atomic mass is 19.1. The van der Waals surface area contributed by atoms with E-state index in [1.807, 2.05) is 6.07 Å². The molecule has 58 heavy (non-hydrogen) atoms. The molecular weight excluding hydrogens is 711 g/mol. The topological polar surface area (TPSA) is 0 Å². The van der Waals surface area contributed by atoms with Gasteiger partial charge in [0.25, 0.3) is 0 Å². The number of halogens is 2. The normalized spacial score (nSPS) is 12.7. The Bertz CT molecular complexity index is 3610. The summed E-state index contributed by atoms with van der Waals surface area (Å²) in [7, 11) is 0. The van der Waals surface area contributed by atoms with Gasteiger partial charge in [0.15, 0.2) is 0 Å². The van der Waals surface area contributed by atoms with Crippen LogP contribution < -0.4 is 0 Å². The van der Waals surface area contributed by atoms with Crippen molar-refractivity contribution in [3.63, 3.8) is 0 Å². The van der Waals surface area contributed by atoms with Crippen molar-refractivity contribution < 1.29 is 8.78 Å². The molecule has 0 fully saturated rings. The molecule has 0 saturated carbocycles. The van der Waals surface area contributed by atoms with Gasteiger partial charge in [-0.05, 0) is 161 Å². The van der Waals surface area contributed by atoms with Gasteiger partial charge in [-0.1, -0.05) is 146 Å². The number of fused-ring (bicyclic) bond motifs is 12. The third-order valence-corrected chi connectivity index (χ3v) is 13.3. The van der Waals surface area contributed by atoms with Crippen molar-refractivity contribution >= 4 is 64.6 Å². The van der Waals surface area contributed by atoms with E-state index in [2.05, 4.69) is 146 Å². The van der Waals surface area contributed by atoms with Gasteiger partial charge in [-0.25, -0.2) is 8.78 Å². The first-order valence-corrected chi connectivity index (χ1v) is 19.9. The standard InChI is InChI=1S/C56H28F2/c57-33-25-32(26-34(58)28-33)31-15-16-37-40-19-23-44-52-45(24-20-41(50(40)52)46(37)27-31)56-48(30-11-5-2-6-12-30)54-43-22-18-39-36-14-8-7-13-35(36)38-17-21-42(51(43)49(38)39)53(54)47(55(44)56)29-9-3-1-4-10-29/h1-28H. The summed E-state index contributed by atoms with van der Waals surface area (Å²) in [5, 5.41) is 15.4. The third-order valence-electron chi connectivity index (χ3n) is 13.3. The number of rotatable bonds is 3. The summed E-state index contributed by atoms with van der Waals surface area (Å²) in [5.74, 6) is -1.15. The van der Waals surface area contributed by atoms with Crippen LogP contribution in [0.15, 0.2) is 170 Å². The summed E-state index contributed by atoms with van der Waals surface area (Å²) in [6.45, 7) is 0. The zero-order valence-electron chi connectivity index (χ0n) is 30.9. The van der Waals surface area contributed by atoms with Crippen LogP contribution in [0.2, 0.25) is 0 Å². The molecule has 0 aliphatic heterocycles. The van der Waals surface area contributed by atoms with E-state index < -0.39 is 11.6 Å². The molecule has 12 aromatic carbocycles. The first-order valence-electron chi connectivity index (χ1n) is 19.9. The van der Waals surface area contributed by atoms with Crippen molar-refractivity contribution in [3.05, 3.63) is 181 Å². The van der Waals surface area contributed by atoms with Gasteiger partial charge in [-0.2, -0.15) is 0 Å². The molecule has 0 amide bonds. The van der Waals surface area contributed by atoms with E-state index >= 15 is 0 Å². The van der Waals surface area contributed by atoms with E-state index in [0.717, 1.165) is 28.3 Å². The molecule has 0 heterocycles. The number of hydrogen-bond acceptors (Lipinski definition) is 0. The predicted octanol–water partition coefficient (Wildman–Crippen LogP) is 16.1. The molecule has 0 radical (unpaired) electrons. The summed E-state index contributed by atoms with van der Waals surface area (Å²) >= 11 is 0. The predicted molar refractivity (Wildman–Crippen MR) is 239 cm³/mol. The lowest BCUT2D eigenvalue weighted by molar-refractivity contribution is 0.584. The van der Waals surface area contributed by atoms with Crippen LogP contribution in [0.25, 0.3) is 143 Å². The Kier molecular flexibility index (Phi) is 5.67. The maximum Gasteiger partial charge on any atom is 0.126 e. The largest absolute Gasteiger partial charge is 0.207 e. The van der Waals surface area contributed by atoms with Gasteiger partial charge in [0.1, 0.15) is 11.6 Å². The van der Waals surface area contributed by atoms with Crippen LogP contribution in [-0.4, -0.2) is 0 Å². The van der Waals surface area contributed by atoms with Crippen LogP contribution in [0.1, 0.15) is 0 Å². The molecule has 14 rings (SSSR count). The zero-order chi connectivity index (χ0) is 38.0.